The number of fused-ring (bicyclic) bond motifs is 4. The summed E-state index contributed by atoms with van der Waals surface area (Å²) in [6.07, 6.45) is 6.15. The van der Waals surface area contributed by atoms with Crippen molar-refractivity contribution in [2.75, 3.05) is 140 Å². The van der Waals surface area contributed by atoms with Crippen molar-refractivity contribution in [1.82, 2.24) is 40.4 Å². The lowest BCUT2D eigenvalue weighted by Gasteiger charge is -2.48. The summed E-state index contributed by atoms with van der Waals surface area (Å²) in [5, 5.41) is 27.5. The average molecular weight is 1660 g/mol. The van der Waals surface area contributed by atoms with Gasteiger partial charge >= 0.3 is 0 Å². The highest BCUT2D eigenvalue weighted by Gasteiger charge is 2.36. The van der Waals surface area contributed by atoms with E-state index in [0.29, 0.717) is 25.2 Å². The van der Waals surface area contributed by atoms with Crippen molar-refractivity contribution in [2.45, 2.75) is 103 Å². The number of likely N-dealkylation sites (tertiary alicyclic amines) is 1. The summed E-state index contributed by atoms with van der Waals surface area (Å²) in [4.78, 5) is 58.8. The monoisotopic (exact) mass is 1660 g/mol. The molecule has 0 saturated carbocycles. The van der Waals surface area contributed by atoms with Crippen molar-refractivity contribution in [3.05, 3.63) is 261 Å². The minimum atomic E-state index is -0.194. The van der Waals surface area contributed by atoms with Gasteiger partial charge in [-0.05, 0) is 167 Å². The number of para-hydroxylation sites is 4. The van der Waals surface area contributed by atoms with Crippen LogP contribution >= 0.6 is 46.4 Å². The molecule has 118 heavy (non-hydrogen) atoms. The largest absolute Gasteiger partial charge is 0.379 e. The minimum Gasteiger partial charge on any atom is -0.379 e. The van der Waals surface area contributed by atoms with Crippen LogP contribution in [0.3, 0.4) is 0 Å². The third kappa shape index (κ3) is 21.6. The predicted molar refractivity (Wildman–Crippen MR) is 489 cm³/mol. The Labute approximate surface area is 713 Å². The number of hydrogen-bond acceptors (Lipinski definition) is 17. The lowest BCUT2D eigenvalue weighted by atomic mass is 9.94. The first-order valence-corrected chi connectivity index (χ1v) is 43.1. The maximum Gasteiger partial charge on any atom is 0.223 e. The molecule has 2 amide bonds. The highest BCUT2D eigenvalue weighted by atomic mass is 35.5. The van der Waals surface area contributed by atoms with Crippen LogP contribution in [-0.2, 0) is 40.5 Å². The number of hydrogen-bond donors (Lipinski definition) is 6. The van der Waals surface area contributed by atoms with Crippen molar-refractivity contribution < 1.29 is 14.3 Å². The quantitative estimate of drug-likeness (QED) is 0.0423. The van der Waals surface area contributed by atoms with Crippen LogP contribution in [0, 0.1) is 11.8 Å². The van der Waals surface area contributed by atoms with E-state index in [1.165, 1.54) is 70.6 Å². The second kappa shape index (κ2) is 39.1. The van der Waals surface area contributed by atoms with E-state index in [4.69, 9.17) is 71.1 Å². The smallest absolute Gasteiger partial charge is 0.223 e. The number of anilines is 8. The SMILES string of the molecule is CC(C)(C)NC(=O)C1CCN(c2cc(NCc3ccc(Cl)cc3)nc3ccccc23)CC1.CNC(=O)C1CCN(c2cc(NCc3ccc(Cl)cc3)nc3ccccc23)CC1.Clc1ccc(CNc2cc(N3CC(N4CCCC4)C3)c3ccccc3n2)cc1.Clc1ccc(CNc2cc(N3CC(N4CCOCC4)C3)c3ccccc3n2)cc1. The van der Waals surface area contributed by atoms with Crippen LogP contribution in [0.15, 0.2) is 218 Å². The van der Waals surface area contributed by atoms with Crippen molar-refractivity contribution in [2.24, 2.45) is 11.8 Å². The molecule has 612 valence electrons. The summed E-state index contributed by atoms with van der Waals surface area (Å²) in [6.45, 7) is 23.0. The molecule has 18 rings (SSSR count). The third-order valence-electron chi connectivity index (χ3n) is 23.1. The van der Waals surface area contributed by atoms with Crippen molar-refractivity contribution in [3.63, 3.8) is 0 Å². The van der Waals surface area contributed by atoms with E-state index in [2.05, 4.69) is 158 Å². The second-order valence-electron chi connectivity index (χ2n) is 32.5. The molecule has 0 radical (unpaired) electrons. The minimum absolute atomic E-state index is 0.0704. The Hall–Kier alpha value is -10.2. The molecule has 23 heteroatoms. The van der Waals surface area contributed by atoms with E-state index in [9.17, 15) is 9.59 Å². The number of benzene rings is 8. The molecule has 4 aromatic heterocycles. The van der Waals surface area contributed by atoms with Gasteiger partial charge in [0.1, 0.15) is 23.3 Å². The van der Waals surface area contributed by atoms with Crippen LogP contribution in [0.5, 0.6) is 0 Å². The van der Waals surface area contributed by atoms with Gasteiger partial charge in [0.15, 0.2) is 0 Å². The van der Waals surface area contributed by atoms with Gasteiger partial charge in [-0.1, -0.05) is 168 Å². The number of rotatable bonds is 20. The van der Waals surface area contributed by atoms with Gasteiger partial charge in [-0.15, -0.1) is 0 Å². The lowest BCUT2D eigenvalue weighted by Crippen LogP contribution is -2.61. The van der Waals surface area contributed by atoms with Gasteiger partial charge in [0.25, 0.3) is 0 Å². The molecule has 6 saturated heterocycles. The van der Waals surface area contributed by atoms with Crippen molar-refractivity contribution in [1.29, 1.82) is 0 Å². The molecule has 10 heterocycles. The van der Waals surface area contributed by atoms with Gasteiger partial charge < -0.3 is 56.2 Å². The zero-order valence-electron chi connectivity index (χ0n) is 67.8. The number of aromatic nitrogens is 4. The Bertz CT molecular complexity index is 5350. The molecule has 0 unspecified atom stereocenters. The summed E-state index contributed by atoms with van der Waals surface area (Å²) in [5.74, 6) is 4.02. The predicted octanol–water partition coefficient (Wildman–Crippen LogP) is 18.9. The van der Waals surface area contributed by atoms with Gasteiger partial charge in [0, 0.05) is 217 Å². The van der Waals surface area contributed by atoms with Gasteiger partial charge in [-0.25, -0.2) is 19.9 Å². The Morgan fingerprint density at radius 3 is 0.949 bits per heavy atom. The number of halogens is 4. The number of ether oxygens (including phenoxy) is 1. The van der Waals surface area contributed by atoms with Crippen LogP contribution in [0.4, 0.5) is 46.0 Å². The van der Waals surface area contributed by atoms with Gasteiger partial charge in [0.2, 0.25) is 11.8 Å². The molecule has 6 fully saturated rings. The van der Waals surface area contributed by atoms with Crippen LogP contribution in [0.2, 0.25) is 20.1 Å². The number of pyridine rings is 4. The second-order valence-corrected chi connectivity index (χ2v) is 34.2. The Balaban J connectivity index is 0.000000123. The number of carbonyl (C=O) groups excluding carboxylic acids is 2. The highest BCUT2D eigenvalue weighted by Crippen LogP contribution is 2.39. The summed E-state index contributed by atoms with van der Waals surface area (Å²) < 4.78 is 5.49. The molecule has 0 aliphatic carbocycles. The molecule has 6 aliphatic heterocycles. The average Bonchev–Trinajstić information content (AvgIpc) is 0.874. The van der Waals surface area contributed by atoms with Gasteiger partial charge in [0.05, 0.1) is 35.3 Å². The number of amides is 2. The maximum absolute atomic E-state index is 12.6. The van der Waals surface area contributed by atoms with Crippen LogP contribution < -0.4 is 51.5 Å². The van der Waals surface area contributed by atoms with E-state index in [0.717, 1.165) is 205 Å². The fourth-order valence-electron chi connectivity index (χ4n) is 16.5. The Morgan fingerprint density at radius 2 is 0.653 bits per heavy atom. The van der Waals surface area contributed by atoms with Crippen LogP contribution in [0.25, 0.3) is 43.6 Å². The van der Waals surface area contributed by atoms with E-state index < -0.39 is 0 Å². The van der Waals surface area contributed by atoms with E-state index in [-0.39, 0.29) is 29.2 Å². The maximum atomic E-state index is 12.6. The van der Waals surface area contributed by atoms with E-state index in [1.54, 1.807) is 7.05 Å². The molecule has 0 atom stereocenters. The fraction of sp³-hybridized carbons (Fsp3) is 0.347. The number of morpholine rings is 1. The fourth-order valence-corrected chi connectivity index (χ4v) is 17.0. The summed E-state index contributed by atoms with van der Waals surface area (Å²) in [6, 6.07) is 74.8. The number of carbonyl (C=O) groups is 2. The topological polar surface area (TPSA) is 187 Å². The van der Waals surface area contributed by atoms with Gasteiger partial charge in [-0.3, -0.25) is 19.4 Å². The molecule has 0 spiro atoms. The highest BCUT2D eigenvalue weighted by molar-refractivity contribution is 6.31. The summed E-state index contributed by atoms with van der Waals surface area (Å²) in [7, 11) is 1.71. The Kier molecular flexibility index (Phi) is 27.5. The molecule has 19 nitrogen and oxygen atoms in total. The molecular formula is C95H106Cl4N16O3. The van der Waals surface area contributed by atoms with Gasteiger partial charge in [-0.2, -0.15) is 0 Å². The zero-order valence-corrected chi connectivity index (χ0v) is 70.8. The van der Waals surface area contributed by atoms with Crippen molar-refractivity contribution in [3.8, 4) is 0 Å². The van der Waals surface area contributed by atoms with Crippen LogP contribution in [-0.4, -0.2) is 158 Å². The first-order valence-electron chi connectivity index (χ1n) is 41.6. The molecule has 6 N–H and O–H groups in total. The summed E-state index contributed by atoms with van der Waals surface area (Å²) >= 11 is 24.0. The molecular weight excluding hydrogens is 1550 g/mol. The third-order valence-corrected chi connectivity index (χ3v) is 24.1. The van der Waals surface area contributed by atoms with Crippen molar-refractivity contribution >= 4 is 148 Å². The zero-order chi connectivity index (χ0) is 81.5. The number of piperidine rings is 2. The molecule has 6 aliphatic rings. The van der Waals surface area contributed by atoms with E-state index >= 15 is 0 Å². The molecule has 8 aromatic carbocycles. The number of nitrogens with one attached hydrogen (secondary N) is 6. The number of nitrogens with zero attached hydrogens (tertiary/aromatic N) is 10. The lowest BCUT2D eigenvalue weighted by molar-refractivity contribution is -0.127. The summed E-state index contributed by atoms with van der Waals surface area (Å²) in [5.41, 5.74) is 13.4. The first kappa shape index (κ1) is 82.9. The normalized spacial score (nSPS) is 16.4. The molecule has 0 bridgehead atoms. The molecule has 12 aromatic rings. The Morgan fingerprint density at radius 1 is 0.373 bits per heavy atom. The first-order chi connectivity index (χ1) is 57.4. The van der Waals surface area contributed by atoms with E-state index in [1.807, 2.05) is 142 Å². The standard InChI is InChI=1S/C26H31ClN4O.2C23H25ClN4O.C23H25ClN4/c1-26(2,3)30-25(32)19-12-14-31(15-13-19)23-16-24(29-22-7-5-4-6-21(22)23)28-17-18-8-10-20(27)11-9-18;24-18-7-5-17(6-8-18)14-25-23-13-22(20-3-1-2-4-21(20)26-23)28-15-19(16-28)27-9-11-29-12-10-27;1-25-23(29)17-10-12-28(13-11-17)21-14-22(27-20-5-3-2-4-19(20)21)26-15-16-6-8-18(24)9-7-16;24-18-9-7-17(8-10-18)14-25-23-13-22(20-5-1-2-6-21(20)26-23)28-15-19(16-28)27-11-3-4-12-27/h4-11,16,19H,12-15,17H2,1-3H3,(H,28,29)(H,30,32);1-8,13,19H,9-12,14-16H2,(H,25,26);2-9,14,17H,10-13,15H2,1H3,(H,25,29)(H,26,27);1-2,5-10,13,19H,3-4,11-12,14-16H2,(H,25,26). The van der Waals surface area contributed by atoms with Crippen LogP contribution in [0.1, 0.15) is 81.5 Å².